The Morgan fingerprint density at radius 2 is 1.62 bits per heavy atom. The van der Waals surface area contributed by atoms with Gasteiger partial charge in [-0.2, -0.15) is 0 Å². The summed E-state index contributed by atoms with van der Waals surface area (Å²) in [6.07, 6.45) is 3.39. The van der Waals surface area contributed by atoms with Crippen molar-refractivity contribution in [2.45, 2.75) is 5.97 Å². The highest BCUT2D eigenvalue weighted by Crippen LogP contribution is 2.12. The van der Waals surface area contributed by atoms with E-state index < -0.39 is 24.5 Å². The number of hydrogen-bond donors (Lipinski definition) is 2. The molecule has 88 valence electrons. The summed E-state index contributed by atoms with van der Waals surface area (Å²) in [4.78, 5) is 21.7. The van der Waals surface area contributed by atoms with Crippen molar-refractivity contribution >= 4 is 11.9 Å². The van der Waals surface area contributed by atoms with Crippen LogP contribution in [0.5, 0.6) is 0 Å². The minimum absolute atomic E-state index is 0.431. The summed E-state index contributed by atoms with van der Waals surface area (Å²) in [5.74, 6) is -4.58. The molecule has 0 amide bonds. The molecule has 0 spiro atoms. The molecule has 0 heterocycles. The molecule has 0 saturated heterocycles. The first-order chi connectivity index (χ1) is 7.47. The second-order valence-electron chi connectivity index (χ2n) is 2.47. The number of hydrogen-bond acceptors (Lipinski definition) is 6. The van der Waals surface area contributed by atoms with Crippen LogP contribution in [0.25, 0.3) is 0 Å². The molecule has 0 saturated carbocycles. The zero-order valence-corrected chi connectivity index (χ0v) is 8.46. The third kappa shape index (κ3) is 5.08. The van der Waals surface area contributed by atoms with Gasteiger partial charge in [0.15, 0.2) is 0 Å². The van der Waals surface area contributed by atoms with Gasteiger partial charge in [-0.25, -0.2) is 9.59 Å². The minimum Gasteiger partial charge on any atom is -0.392 e. The predicted octanol–water partition coefficient (Wildman–Crippen LogP) is -0.361. The van der Waals surface area contributed by atoms with Crippen molar-refractivity contribution < 1.29 is 29.3 Å². The fourth-order valence-electron chi connectivity index (χ4n) is 0.662. The Hall–Kier alpha value is -1.92. The van der Waals surface area contributed by atoms with E-state index in [0.717, 1.165) is 24.3 Å². The summed E-state index contributed by atoms with van der Waals surface area (Å²) in [5, 5.41) is 18.1. The van der Waals surface area contributed by atoms with Gasteiger partial charge in [0.2, 0.25) is 0 Å². The Morgan fingerprint density at radius 3 is 1.94 bits per heavy atom. The number of esters is 2. The van der Waals surface area contributed by atoms with Crippen LogP contribution in [-0.2, 0) is 19.1 Å². The number of aliphatic hydroxyl groups excluding tert-OH is 1. The maximum absolute atomic E-state index is 10.8. The van der Waals surface area contributed by atoms with Gasteiger partial charge in [0.1, 0.15) is 0 Å². The second-order valence-corrected chi connectivity index (χ2v) is 2.47. The van der Waals surface area contributed by atoms with Crippen LogP contribution in [0, 0.1) is 0 Å². The van der Waals surface area contributed by atoms with Gasteiger partial charge in [-0.1, -0.05) is 19.2 Å². The summed E-state index contributed by atoms with van der Waals surface area (Å²) in [6.45, 7) is 5.78. The molecule has 0 aromatic heterocycles. The first-order valence-corrected chi connectivity index (χ1v) is 4.19. The van der Waals surface area contributed by atoms with E-state index in [2.05, 4.69) is 22.6 Å². The minimum atomic E-state index is -2.58. The smallest absolute Gasteiger partial charge is 0.392 e. The van der Waals surface area contributed by atoms with Gasteiger partial charge in [-0.3, -0.25) is 0 Å². The Bertz CT molecular complexity index is 295. The van der Waals surface area contributed by atoms with Crippen molar-refractivity contribution in [3.8, 4) is 0 Å². The van der Waals surface area contributed by atoms with E-state index in [9.17, 15) is 14.7 Å². The molecule has 0 fully saturated rings. The highest BCUT2D eigenvalue weighted by molar-refractivity contribution is 5.83. The number of carbonyl (C=O) groups excluding carboxylic acids is 2. The van der Waals surface area contributed by atoms with Crippen LogP contribution in [-0.4, -0.2) is 34.7 Å². The van der Waals surface area contributed by atoms with Crippen molar-refractivity contribution in [3.05, 3.63) is 37.5 Å². The van der Waals surface area contributed by atoms with Gasteiger partial charge in [0.25, 0.3) is 0 Å². The zero-order chi connectivity index (χ0) is 12.6. The average Bonchev–Trinajstić information content (AvgIpc) is 2.25. The zero-order valence-electron chi connectivity index (χ0n) is 8.46. The van der Waals surface area contributed by atoms with Crippen molar-refractivity contribution in [1.82, 2.24) is 0 Å². The Labute approximate surface area is 92.1 Å². The number of ether oxygens (including phenoxy) is 2. The normalized spacial score (nSPS) is 10.9. The van der Waals surface area contributed by atoms with Gasteiger partial charge < -0.3 is 19.7 Å². The number of rotatable bonds is 6. The van der Waals surface area contributed by atoms with E-state index in [1.165, 1.54) is 0 Å². The van der Waals surface area contributed by atoms with Crippen molar-refractivity contribution in [1.29, 1.82) is 0 Å². The fourth-order valence-corrected chi connectivity index (χ4v) is 0.662. The molecule has 0 aliphatic carbocycles. The first-order valence-electron chi connectivity index (χ1n) is 4.19. The summed E-state index contributed by atoms with van der Waals surface area (Å²) < 4.78 is 8.74. The fraction of sp³-hybridized carbons (Fsp3) is 0.200. The molecule has 0 bridgehead atoms. The topological polar surface area (TPSA) is 93.1 Å². The monoisotopic (exact) mass is 228 g/mol. The summed E-state index contributed by atoms with van der Waals surface area (Å²) in [5.41, 5.74) is 0. The molecular weight excluding hydrogens is 216 g/mol. The lowest BCUT2D eigenvalue weighted by molar-refractivity contribution is -0.291. The molecule has 0 aromatic carbocycles. The third-order valence-electron chi connectivity index (χ3n) is 1.26. The van der Waals surface area contributed by atoms with E-state index in [1.807, 2.05) is 0 Å². The van der Waals surface area contributed by atoms with Crippen LogP contribution < -0.4 is 0 Å². The predicted molar refractivity (Wildman–Crippen MR) is 53.8 cm³/mol. The molecule has 6 nitrogen and oxygen atoms in total. The van der Waals surface area contributed by atoms with Crippen LogP contribution in [0.3, 0.4) is 0 Å². The van der Waals surface area contributed by atoms with Gasteiger partial charge in [-0.05, 0) is 0 Å². The SMILES string of the molecule is C=CC(=O)OC(O)(/C=C\CO)OC(=O)C=C. The van der Waals surface area contributed by atoms with Crippen LogP contribution in [0.4, 0.5) is 0 Å². The van der Waals surface area contributed by atoms with Crippen molar-refractivity contribution in [2.75, 3.05) is 6.61 Å². The Kier molecular flexibility index (Phi) is 5.76. The van der Waals surface area contributed by atoms with Crippen molar-refractivity contribution in [3.63, 3.8) is 0 Å². The van der Waals surface area contributed by atoms with Gasteiger partial charge in [0.05, 0.1) is 6.61 Å². The van der Waals surface area contributed by atoms with E-state index in [4.69, 9.17) is 5.11 Å². The molecular formula is C10H12O6. The molecule has 0 aromatic rings. The second kappa shape index (κ2) is 6.54. The molecule has 2 N–H and O–H groups in total. The number of aliphatic hydroxyl groups is 2. The summed E-state index contributed by atoms with van der Waals surface area (Å²) in [6, 6.07) is 0. The maximum Gasteiger partial charge on any atom is 0.396 e. The van der Waals surface area contributed by atoms with E-state index in [1.54, 1.807) is 0 Å². The Morgan fingerprint density at radius 1 is 1.19 bits per heavy atom. The lowest BCUT2D eigenvalue weighted by Crippen LogP contribution is -2.37. The van der Waals surface area contributed by atoms with Gasteiger partial charge in [-0.15, -0.1) is 0 Å². The van der Waals surface area contributed by atoms with E-state index in [-0.39, 0.29) is 0 Å². The molecule has 0 rings (SSSR count). The summed E-state index contributed by atoms with van der Waals surface area (Å²) in [7, 11) is 0. The van der Waals surface area contributed by atoms with Gasteiger partial charge in [0, 0.05) is 18.2 Å². The maximum atomic E-state index is 10.8. The highest BCUT2D eigenvalue weighted by atomic mass is 16.8. The number of carbonyl (C=O) groups is 2. The molecule has 6 heteroatoms. The standard InChI is InChI=1S/C10H12O6/c1-3-8(12)15-10(14,6-5-7-11)16-9(13)4-2/h3-6,11,14H,1-2,7H2/b6-5-. The molecule has 0 radical (unpaired) electrons. The molecule has 16 heavy (non-hydrogen) atoms. The van der Waals surface area contributed by atoms with Crippen LogP contribution in [0.1, 0.15) is 0 Å². The largest absolute Gasteiger partial charge is 0.396 e. The van der Waals surface area contributed by atoms with Crippen molar-refractivity contribution in [2.24, 2.45) is 0 Å². The Balaban J connectivity index is 4.79. The highest BCUT2D eigenvalue weighted by Gasteiger charge is 2.32. The lowest BCUT2D eigenvalue weighted by Gasteiger charge is -2.22. The molecule has 0 aliphatic heterocycles. The van der Waals surface area contributed by atoms with E-state index >= 15 is 0 Å². The summed E-state index contributed by atoms with van der Waals surface area (Å²) >= 11 is 0. The first kappa shape index (κ1) is 14.1. The van der Waals surface area contributed by atoms with Crippen LogP contribution >= 0.6 is 0 Å². The van der Waals surface area contributed by atoms with Crippen LogP contribution in [0.15, 0.2) is 37.5 Å². The molecule has 0 atom stereocenters. The van der Waals surface area contributed by atoms with Crippen LogP contribution in [0.2, 0.25) is 0 Å². The van der Waals surface area contributed by atoms with E-state index in [0.29, 0.717) is 0 Å². The quantitative estimate of drug-likeness (QED) is 0.279. The molecule has 0 aliphatic rings. The molecule has 0 unspecified atom stereocenters. The average molecular weight is 228 g/mol. The lowest BCUT2D eigenvalue weighted by atomic mass is 10.4. The van der Waals surface area contributed by atoms with Gasteiger partial charge >= 0.3 is 17.9 Å². The third-order valence-corrected chi connectivity index (χ3v) is 1.26.